The van der Waals surface area contributed by atoms with Crippen molar-refractivity contribution in [3.05, 3.63) is 16.0 Å². The molecule has 88 valence electrons. The van der Waals surface area contributed by atoms with E-state index in [-0.39, 0.29) is 0 Å². The van der Waals surface area contributed by atoms with Crippen molar-refractivity contribution in [3.8, 4) is 0 Å². The van der Waals surface area contributed by atoms with E-state index in [1.54, 1.807) is 0 Å². The number of ether oxygens (including phenoxy) is 1. The van der Waals surface area contributed by atoms with Gasteiger partial charge in [-0.3, -0.25) is 0 Å². The molecule has 0 radical (unpaired) electrons. The zero-order valence-electron chi connectivity index (χ0n) is 8.75. The van der Waals surface area contributed by atoms with Crippen molar-refractivity contribution in [2.75, 3.05) is 25.1 Å². The van der Waals surface area contributed by atoms with Crippen LogP contribution in [0.3, 0.4) is 0 Å². The van der Waals surface area contributed by atoms with E-state index in [0.717, 1.165) is 42.9 Å². The lowest BCUT2D eigenvalue weighted by Crippen LogP contribution is -2.10. The van der Waals surface area contributed by atoms with Gasteiger partial charge in [0.05, 0.1) is 4.47 Å². The Labute approximate surface area is 108 Å². The number of nitrogens with zero attached hydrogens (tertiary/aromatic N) is 2. The smallest absolute Gasteiger partial charge is 0.148 e. The second-order valence-electron chi connectivity index (χ2n) is 3.77. The van der Waals surface area contributed by atoms with Crippen molar-refractivity contribution in [2.45, 2.75) is 12.8 Å². The maximum Gasteiger partial charge on any atom is 0.148 e. The molecule has 1 unspecified atom stereocenters. The number of rotatable bonds is 4. The molecule has 1 aliphatic rings. The molecule has 1 N–H and O–H groups in total. The van der Waals surface area contributed by atoms with E-state index >= 15 is 0 Å². The normalized spacial score (nSPS) is 20.0. The fraction of sp³-hybridized carbons (Fsp3) is 0.600. The molecule has 1 aromatic heterocycles. The summed E-state index contributed by atoms with van der Waals surface area (Å²) in [5, 5.41) is 3.67. The van der Waals surface area contributed by atoms with Crippen molar-refractivity contribution >= 4 is 33.3 Å². The molecular weight excluding hydrogens is 293 g/mol. The minimum atomic E-state index is 0.432. The highest BCUT2D eigenvalue weighted by Gasteiger charge is 2.15. The molecule has 0 saturated carbocycles. The maximum absolute atomic E-state index is 5.86. The van der Waals surface area contributed by atoms with Gasteiger partial charge in [0.15, 0.2) is 0 Å². The van der Waals surface area contributed by atoms with Crippen LogP contribution in [0.25, 0.3) is 0 Å². The van der Waals surface area contributed by atoms with Crippen molar-refractivity contribution in [3.63, 3.8) is 0 Å². The lowest BCUT2D eigenvalue weighted by molar-refractivity contribution is 0.185. The van der Waals surface area contributed by atoms with Gasteiger partial charge in [0.25, 0.3) is 0 Å². The third kappa shape index (κ3) is 3.06. The number of hydrogen-bond acceptors (Lipinski definition) is 4. The van der Waals surface area contributed by atoms with Crippen LogP contribution >= 0.6 is 27.5 Å². The quantitative estimate of drug-likeness (QED) is 0.869. The fourth-order valence-corrected chi connectivity index (χ4v) is 2.16. The van der Waals surface area contributed by atoms with Crippen molar-refractivity contribution in [1.82, 2.24) is 9.97 Å². The largest absolute Gasteiger partial charge is 0.381 e. The fourth-order valence-electron chi connectivity index (χ4n) is 1.68. The molecule has 2 rings (SSSR count). The SMILES string of the molecule is Clc1ncnc(NCCC2CCOC2)c1Br. The number of anilines is 1. The maximum atomic E-state index is 5.86. The standard InChI is InChI=1S/C10H13BrClN3O/c11-8-9(12)14-6-15-10(8)13-3-1-7-2-4-16-5-7/h6-7H,1-5H2,(H,13,14,15). The summed E-state index contributed by atoms with van der Waals surface area (Å²) in [5.41, 5.74) is 0. The van der Waals surface area contributed by atoms with Crippen LogP contribution in [-0.4, -0.2) is 29.7 Å². The molecule has 0 bridgehead atoms. The summed E-state index contributed by atoms with van der Waals surface area (Å²) in [6.07, 6.45) is 3.70. The lowest BCUT2D eigenvalue weighted by atomic mass is 10.1. The van der Waals surface area contributed by atoms with Crippen LogP contribution in [0.5, 0.6) is 0 Å². The zero-order chi connectivity index (χ0) is 11.4. The summed E-state index contributed by atoms with van der Waals surface area (Å²) >= 11 is 9.21. The predicted molar refractivity (Wildman–Crippen MR) is 66.8 cm³/mol. The molecule has 0 aliphatic carbocycles. The van der Waals surface area contributed by atoms with Gasteiger partial charge in [-0.05, 0) is 34.7 Å². The second-order valence-corrected chi connectivity index (χ2v) is 4.92. The first-order valence-corrected chi connectivity index (χ1v) is 6.42. The molecule has 1 aliphatic heterocycles. The van der Waals surface area contributed by atoms with Crippen LogP contribution in [0.1, 0.15) is 12.8 Å². The molecule has 1 fully saturated rings. The number of aromatic nitrogens is 2. The third-order valence-electron chi connectivity index (χ3n) is 2.62. The molecule has 0 aromatic carbocycles. The monoisotopic (exact) mass is 305 g/mol. The van der Waals surface area contributed by atoms with E-state index in [2.05, 4.69) is 31.2 Å². The van der Waals surface area contributed by atoms with Gasteiger partial charge in [-0.1, -0.05) is 11.6 Å². The van der Waals surface area contributed by atoms with E-state index in [9.17, 15) is 0 Å². The van der Waals surface area contributed by atoms with Crippen LogP contribution in [0.2, 0.25) is 5.15 Å². The van der Waals surface area contributed by atoms with Crippen molar-refractivity contribution in [2.24, 2.45) is 5.92 Å². The summed E-state index contributed by atoms with van der Waals surface area (Å²) in [6, 6.07) is 0. The van der Waals surface area contributed by atoms with Gasteiger partial charge < -0.3 is 10.1 Å². The Hall–Kier alpha value is -0.390. The summed E-state index contributed by atoms with van der Waals surface area (Å²) < 4.78 is 6.04. The highest BCUT2D eigenvalue weighted by atomic mass is 79.9. The van der Waals surface area contributed by atoms with Gasteiger partial charge in [-0.2, -0.15) is 0 Å². The van der Waals surface area contributed by atoms with Crippen molar-refractivity contribution in [1.29, 1.82) is 0 Å². The van der Waals surface area contributed by atoms with Gasteiger partial charge in [0, 0.05) is 19.8 Å². The minimum Gasteiger partial charge on any atom is -0.381 e. The Kier molecular flexibility index (Phi) is 4.37. The summed E-state index contributed by atoms with van der Waals surface area (Å²) in [5.74, 6) is 1.42. The zero-order valence-corrected chi connectivity index (χ0v) is 11.1. The first-order chi connectivity index (χ1) is 7.77. The van der Waals surface area contributed by atoms with Gasteiger partial charge in [-0.15, -0.1) is 0 Å². The Balaban J connectivity index is 1.82. The molecule has 1 aromatic rings. The summed E-state index contributed by atoms with van der Waals surface area (Å²) in [4.78, 5) is 7.99. The van der Waals surface area contributed by atoms with Crippen LogP contribution in [0.15, 0.2) is 10.8 Å². The van der Waals surface area contributed by atoms with E-state index < -0.39 is 0 Å². The number of hydrogen-bond donors (Lipinski definition) is 1. The molecule has 6 heteroatoms. The molecule has 2 heterocycles. The number of nitrogens with one attached hydrogen (secondary N) is 1. The van der Waals surface area contributed by atoms with E-state index in [1.807, 2.05) is 0 Å². The Morgan fingerprint density at radius 1 is 1.56 bits per heavy atom. The molecule has 4 nitrogen and oxygen atoms in total. The molecule has 0 amide bonds. The lowest BCUT2D eigenvalue weighted by Gasteiger charge is -2.10. The Bertz CT molecular complexity index is 358. The second kappa shape index (κ2) is 5.80. The summed E-state index contributed by atoms with van der Waals surface area (Å²) in [7, 11) is 0. The average molecular weight is 307 g/mol. The molecule has 1 atom stereocenters. The van der Waals surface area contributed by atoms with Crippen LogP contribution in [0.4, 0.5) is 5.82 Å². The predicted octanol–water partition coefficient (Wildman–Crippen LogP) is 2.73. The highest BCUT2D eigenvalue weighted by Crippen LogP contribution is 2.26. The molecule has 1 saturated heterocycles. The van der Waals surface area contributed by atoms with E-state index in [1.165, 1.54) is 6.33 Å². The van der Waals surface area contributed by atoms with Crippen molar-refractivity contribution < 1.29 is 4.74 Å². The Morgan fingerprint density at radius 3 is 3.19 bits per heavy atom. The van der Waals surface area contributed by atoms with E-state index in [4.69, 9.17) is 16.3 Å². The van der Waals surface area contributed by atoms with Gasteiger partial charge >= 0.3 is 0 Å². The summed E-state index contributed by atoms with van der Waals surface area (Å²) in [6.45, 7) is 2.65. The Morgan fingerprint density at radius 2 is 2.44 bits per heavy atom. The first-order valence-electron chi connectivity index (χ1n) is 5.25. The molecular formula is C10H13BrClN3O. The minimum absolute atomic E-state index is 0.432. The highest BCUT2D eigenvalue weighted by molar-refractivity contribution is 9.10. The molecule has 16 heavy (non-hydrogen) atoms. The number of halogens is 2. The van der Waals surface area contributed by atoms with Crippen LogP contribution in [0, 0.1) is 5.92 Å². The van der Waals surface area contributed by atoms with Gasteiger partial charge in [0.2, 0.25) is 0 Å². The van der Waals surface area contributed by atoms with E-state index in [0.29, 0.717) is 11.1 Å². The first kappa shape index (κ1) is 12.1. The van der Waals surface area contributed by atoms with Crippen LogP contribution in [-0.2, 0) is 4.74 Å². The average Bonchev–Trinajstić information content (AvgIpc) is 2.77. The third-order valence-corrected chi connectivity index (χ3v) is 3.88. The molecule has 0 spiro atoms. The van der Waals surface area contributed by atoms with Gasteiger partial charge in [0.1, 0.15) is 17.3 Å². The van der Waals surface area contributed by atoms with Gasteiger partial charge in [-0.25, -0.2) is 9.97 Å². The van der Waals surface area contributed by atoms with Crippen LogP contribution < -0.4 is 5.32 Å². The topological polar surface area (TPSA) is 47.0 Å².